The molecule has 0 bridgehead atoms. The van der Waals surface area contributed by atoms with E-state index in [4.69, 9.17) is 18.9 Å². The highest BCUT2D eigenvalue weighted by atomic mass is 19.1. The standard InChI is InChI=1S/C37H42FN7O7/c1-35(2,3)51-33(47)44-26-12-10-22(49-7)16-24(26)37(31(44)46)17-25(37)20-9-11-23-27(15-20)45(34(48)52-36(4,5)6)42-29(23)40-30-28(50-8)18-39-32(41-30)43-14-13-21(38)19-43/h9-12,15-16,18,21,25H,13-14,17,19H2,1-8H3,(H,39,40,41,42)/t21-,25+,37+/m1/s1. The van der Waals surface area contributed by atoms with Crippen LogP contribution in [-0.2, 0) is 19.7 Å². The molecule has 1 saturated carbocycles. The number of methoxy groups -OCH3 is 2. The van der Waals surface area contributed by atoms with E-state index in [9.17, 15) is 18.8 Å². The van der Waals surface area contributed by atoms with Crippen LogP contribution in [0.3, 0.4) is 0 Å². The number of aromatic nitrogens is 4. The van der Waals surface area contributed by atoms with Crippen molar-refractivity contribution >= 4 is 52.3 Å². The van der Waals surface area contributed by atoms with Crippen molar-refractivity contribution in [3.05, 3.63) is 53.7 Å². The number of halogens is 1. The van der Waals surface area contributed by atoms with Crippen LogP contribution < -0.4 is 24.6 Å². The first-order valence-corrected chi connectivity index (χ1v) is 17.1. The summed E-state index contributed by atoms with van der Waals surface area (Å²) in [7, 11) is 3.02. The Kier molecular flexibility index (Phi) is 8.30. The van der Waals surface area contributed by atoms with Gasteiger partial charge in [0.1, 0.15) is 23.1 Å². The van der Waals surface area contributed by atoms with Crippen LogP contribution in [0.1, 0.15) is 71.4 Å². The molecule has 1 aliphatic carbocycles. The van der Waals surface area contributed by atoms with Crippen molar-refractivity contribution in [1.29, 1.82) is 0 Å². The number of hydrogen-bond donors (Lipinski definition) is 1. The summed E-state index contributed by atoms with van der Waals surface area (Å²) in [4.78, 5) is 53.2. The number of nitrogens with zero attached hydrogens (tertiary/aromatic N) is 6. The molecule has 3 atom stereocenters. The molecule has 4 aromatic rings. The van der Waals surface area contributed by atoms with Gasteiger partial charge in [0, 0.05) is 17.8 Å². The third-order valence-electron chi connectivity index (χ3n) is 9.33. The number of carbonyl (C=O) groups excluding carboxylic acids is 3. The number of nitrogens with one attached hydrogen (secondary N) is 1. The van der Waals surface area contributed by atoms with E-state index in [0.717, 1.165) is 10.5 Å². The maximum Gasteiger partial charge on any atom is 0.435 e. The summed E-state index contributed by atoms with van der Waals surface area (Å²) in [6, 6.07) is 10.7. The van der Waals surface area contributed by atoms with Crippen molar-refractivity contribution in [3.8, 4) is 11.5 Å². The van der Waals surface area contributed by atoms with E-state index in [-0.39, 0.29) is 30.0 Å². The second-order valence-electron chi connectivity index (χ2n) is 15.3. The lowest BCUT2D eigenvalue weighted by Gasteiger charge is -2.24. The summed E-state index contributed by atoms with van der Waals surface area (Å²) in [5.41, 5.74) is -0.394. The molecule has 52 heavy (non-hydrogen) atoms. The van der Waals surface area contributed by atoms with Gasteiger partial charge in [-0.05, 0) is 95.8 Å². The Balaban J connectivity index is 1.29. The largest absolute Gasteiger partial charge is 0.497 e. The smallest absolute Gasteiger partial charge is 0.435 e. The second-order valence-corrected chi connectivity index (χ2v) is 15.3. The summed E-state index contributed by atoms with van der Waals surface area (Å²) in [6.07, 6.45) is -0.126. The molecule has 1 N–H and O–H groups in total. The Hall–Kier alpha value is -5.47. The van der Waals surface area contributed by atoms with Crippen LogP contribution in [-0.4, -0.2) is 82.5 Å². The molecule has 7 rings (SSSR count). The average Bonchev–Trinajstić information content (AvgIpc) is 3.38. The van der Waals surface area contributed by atoms with Crippen molar-refractivity contribution in [2.45, 2.75) is 83.1 Å². The maximum atomic E-state index is 14.3. The molecule has 1 spiro atoms. The summed E-state index contributed by atoms with van der Waals surface area (Å²) in [5, 5.41) is 8.39. The van der Waals surface area contributed by atoms with Crippen molar-refractivity contribution < 1.29 is 37.7 Å². The zero-order valence-electron chi connectivity index (χ0n) is 30.4. The number of hydrogen-bond acceptors (Lipinski definition) is 12. The molecule has 2 aromatic heterocycles. The van der Waals surface area contributed by atoms with Crippen molar-refractivity contribution in [1.82, 2.24) is 19.7 Å². The van der Waals surface area contributed by atoms with Gasteiger partial charge in [0.15, 0.2) is 17.4 Å². The van der Waals surface area contributed by atoms with Crippen LogP contribution in [0.5, 0.6) is 11.5 Å². The van der Waals surface area contributed by atoms with Crippen LogP contribution >= 0.6 is 0 Å². The third-order valence-corrected chi connectivity index (χ3v) is 9.33. The lowest BCUT2D eigenvalue weighted by Crippen LogP contribution is -2.41. The van der Waals surface area contributed by atoms with Crippen LogP contribution in [0.4, 0.5) is 37.3 Å². The van der Waals surface area contributed by atoms with Gasteiger partial charge in [-0.1, -0.05) is 6.07 Å². The number of amides is 2. The molecular weight excluding hydrogens is 673 g/mol. The number of carbonyl (C=O) groups is 3. The van der Waals surface area contributed by atoms with Gasteiger partial charge < -0.3 is 29.2 Å². The Labute approximate surface area is 300 Å². The third kappa shape index (κ3) is 6.11. The van der Waals surface area contributed by atoms with E-state index >= 15 is 0 Å². The Morgan fingerprint density at radius 2 is 1.69 bits per heavy atom. The molecule has 4 heterocycles. The molecule has 0 unspecified atom stereocenters. The van der Waals surface area contributed by atoms with Crippen LogP contribution in [0.15, 0.2) is 42.6 Å². The number of anilines is 4. The summed E-state index contributed by atoms with van der Waals surface area (Å²) in [6.45, 7) is 11.2. The van der Waals surface area contributed by atoms with Crippen LogP contribution in [0.2, 0.25) is 0 Å². The van der Waals surface area contributed by atoms with Gasteiger partial charge in [0.25, 0.3) is 0 Å². The minimum atomic E-state index is -1.05. The second kappa shape index (κ2) is 12.3. The Morgan fingerprint density at radius 3 is 2.35 bits per heavy atom. The van der Waals surface area contributed by atoms with E-state index in [1.165, 1.54) is 18.0 Å². The molecule has 15 heteroatoms. The van der Waals surface area contributed by atoms with E-state index in [1.807, 2.05) is 18.2 Å². The average molecular weight is 716 g/mol. The van der Waals surface area contributed by atoms with Gasteiger partial charge in [-0.15, -0.1) is 5.10 Å². The highest BCUT2D eigenvalue weighted by Gasteiger charge is 2.68. The molecule has 14 nitrogen and oxygen atoms in total. The maximum absolute atomic E-state index is 14.3. The van der Waals surface area contributed by atoms with Gasteiger partial charge in [-0.25, -0.2) is 23.9 Å². The topological polar surface area (TPSA) is 150 Å². The number of benzene rings is 2. The molecule has 2 fully saturated rings. The monoisotopic (exact) mass is 715 g/mol. The lowest BCUT2D eigenvalue weighted by atomic mass is 9.91. The van der Waals surface area contributed by atoms with Crippen molar-refractivity contribution in [2.24, 2.45) is 0 Å². The van der Waals surface area contributed by atoms with Crippen LogP contribution in [0, 0.1) is 0 Å². The molecular formula is C37H42FN7O7. The highest BCUT2D eigenvalue weighted by Crippen LogP contribution is 2.67. The molecule has 0 radical (unpaired) electrons. The first-order chi connectivity index (χ1) is 24.5. The Morgan fingerprint density at radius 1 is 0.962 bits per heavy atom. The molecule has 3 aliphatic rings. The van der Waals surface area contributed by atoms with Gasteiger partial charge in [0.05, 0.1) is 43.6 Å². The molecule has 2 aromatic carbocycles. The zero-order chi connectivity index (χ0) is 37.3. The summed E-state index contributed by atoms with van der Waals surface area (Å²) in [5.74, 6) is 1.04. The normalized spacial score (nSPS) is 21.1. The first kappa shape index (κ1) is 35.0. The molecule has 2 amide bonds. The van der Waals surface area contributed by atoms with E-state index in [2.05, 4.69) is 20.4 Å². The minimum Gasteiger partial charge on any atom is -0.497 e. The van der Waals surface area contributed by atoms with Crippen LogP contribution in [0.25, 0.3) is 10.9 Å². The quantitative estimate of drug-likeness (QED) is 0.228. The fraction of sp³-hybridized carbons (Fsp3) is 0.459. The highest BCUT2D eigenvalue weighted by molar-refractivity contribution is 6.23. The lowest BCUT2D eigenvalue weighted by molar-refractivity contribution is -0.120. The first-order valence-electron chi connectivity index (χ1n) is 17.1. The number of alkyl halides is 1. The number of fused-ring (bicyclic) bond motifs is 3. The molecule has 274 valence electrons. The SMILES string of the molecule is COc1ccc2c(c1)[C@]1(C[C@H]1c1ccc3c(Nc4nc(N5CC[C@@H](F)C5)ncc4OC)nn(C(=O)OC(C)(C)C)c3c1)C(=O)N2C(=O)OC(C)(C)C. The predicted molar refractivity (Wildman–Crippen MR) is 191 cm³/mol. The summed E-state index contributed by atoms with van der Waals surface area (Å²) < 4.78 is 37.6. The number of imide groups is 1. The number of ether oxygens (including phenoxy) is 4. The molecule has 2 aliphatic heterocycles. The molecule has 1 saturated heterocycles. The van der Waals surface area contributed by atoms with Crippen molar-refractivity contribution in [2.75, 3.05) is 42.4 Å². The predicted octanol–water partition coefficient (Wildman–Crippen LogP) is 6.63. The van der Waals surface area contributed by atoms with Gasteiger partial charge >= 0.3 is 12.2 Å². The van der Waals surface area contributed by atoms with Gasteiger partial charge in [-0.3, -0.25) is 4.79 Å². The summed E-state index contributed by atoms with van der Waals surface area (Å²) >= 11 is 0. The van der Waals surface area contributed by atoms with Crippen molar-refractivity contribution in [3.63, 3.8) is 0 Å². The zero-order valence-corrected chi connectivity index (χ0v) is 30.4. The van der Waals surface area contributed by atoms with E-state index < -0.39 is 35.0 Å². The minimum absolute atomic E-state index is 0.183. The van der Waals surface area contributed by atoms with Gasteiger partial charge in [-0.2, -0.15) is 9.67 Å². The van der Waals surface area contributed by atoms with Gasteiger partial charge in [0.2, 0.25) is 11.9 Å². The Bertz CT molecular complexity index is 2110. The fourth-order valence-corrected chi connectivity index (χ4v) is 6.96. The number of rotatable bonds is 6. The van der Waals surface area contributed by atoms with E-state index in [0.29, 0.717) is 59.0 Å². The van der Waals surface area contributed by atoms with E-state index in [1.54, 1.807) is 71.8 Å². The fourth-order valence-electron chi connectivity index (χ4n) is 6.96.